The third kappa shape index (κ3) is 4.77. The first kappa shape index (κ1) is 17.4. The number of para-hydroxylation sites is 1. The molecule has 0 bridgehead atoms. The van der Waals surface area contributed by atoms with E-state index in [2.05, 4.69) is 20.8 Å². The molecular weight excluding hydrogens is 322 g/mol. The molecule has 0 aromatic heterocycles. The van der Waals surface area contributed by atoms with Gasteiger partial charge in [-0.15, -0.1) is 10.2 Å². The van der Waals surface area contributed by atoms with Crippen LogP contribution >= 0.6 is 0 Å². The van der Waals surface area contributed by atoms with Crippen LogP contribution in [-0.4, -0.2) is 19.9 Å². The zero-order valence-electron chi connectivity index (χ0n) is 14.9. The number of hydrazone groups is 1. The van der Waals surface area contributed by atoms with E-state index in [0.29, 0.717) is 5.84 Å². The summed E-state index contributed by atoms with van der Waals surface area (Å²) in [5.74, 6) is 0.520. The molecule has 1 N–H and O–H groups in total. The van der Waals surface area contributed by atoms with E-state index >= 15 is 0 Å². The van der Waals surface area contributed by atoms with Gasteiger partial charge in [0, 0.05) is 25.3 Å². The molecule has 130 valence electrons. The predicted octanol–water partition coefficient (Wildman–Crippen LogP) is 5.31. The fourth-order valence-electron chi connectivity index (χ4n) is 2.28. The van der Waals surface area contributed by atoms with Crippen LogP contribution in [0.2, 0.25) is 0 Å². The van der Waals surface area contributed by atoms with Gasteiger partial charge in [0.15, 0.2) is 0 Å². The smallest absolute Gasteiger partial charge is 0.201 e. The number of nitrogens with one attached hydrogen (secondary N) is 1. The highest BCUT2D eigenvalue weighted by molar-refractivity contribution is 5.99. The highest BCUT2D eigenvalue weighted by Crippen LogP contribution is 2.19. The van der Waals surface area contributed by atoms with Crippen LogP contribution in [0.25, 0.3) is 0 Å². The molecule has 0 amide bonds. The van der Waals surface area contributed by atoms with Crippen LogP contribution in [0.5, 0.6) is 0 Å². The summed E-state index contributed by atoms with van der Waals surface area (Å²) in [6, 6.07) is 27.4. The molecule has 0 aliphatic rings. The normalized spacial score (nSPS) is 11.5. The van der Waals surface area contributed by atoms with Crippen LogP contribution in [0.4, 0.5) is 17.1 Å². The minimum absolute atomic E-state index is 0.520. The summed E-state index contributed by atoms with van der Waals surface area (Å²) in [5, 5.41) is 13.1. The molecule has 0 aliphatic carbocycles. The van der Waals surface area contributed by atoms with Gasteiger partial charge in [-0.2, -0.15) is 5.10 Å². The summed E-state index contributed by atoms with van der Waals surface area (Å²) in [6.07, 6.45) is 0. The lowest BCUT2D eigenvalue weighted by Crippen LogP contribution is -2.07. The summed E-state index contributed by atoms with van der Waals surface area (Å²) >= 11 is 0. The van der Waals surface area contributed by atoms with Gasteiger partial charge in [0.25, 0.3) is 0 Å². The molecule has 0 atom stereocenters. The molecule has 0 aliphatic heterocycles. The Hall–Kier alpha value is -3.47. The van der Waals surface area contributed by atoms with Gasteiger partial charge < -0.3 is 4.90 Å². The highest BCUT2D eigenvalue weighted by Gasteiger charge is 2.02. The van der Waals surface area contributed by atoms with Crippen molar-refractivity contribution in [3.05, 3.63) is 90.5 Å². The number of amidine groups is 1. The number of azo groups is 1. The summed E-state index contributed by atoms with van der Waals surface area (Å²) in [6.45, 7) is 0. The number of benzene rings is 3. The van der Waals surface area contributed by atoms with Crippen molar-refractivity contribution in [1.29, 1.82) is 0 Å². The lowest BCUT2D eigenvalue weighted by molar-refractivity contribution is 1.13. The fraction of sp³-hybridized carbons (Fsp3) is 0.0952. The van der Waals surface area contributed by atoms with Crippen molar-refractivity contribution >= 4 is 22.9 Å². The van der Waals surface area contributed by atoms with Gasteiger partial charge in [-0.05, 0) is 36.4 Å². The predicted molar refractivity (Wildman–Crippen MR) is 108 cm³/mol. The molecule has 0 spiro atoms. The van der Waals surface area contributed by atoms with Gasteiger partial charge in [0.05, 0.1) is 11.4 Å². The Bertz CT molecular complexity index is 869. The van der Waals surface area contributed by atoms with Crippen molar-refractivity contribution in [3.63, 3.8) is 0 Å². The Balaban J connectivity index is 1.83. The third-order valence-corrected chi connectivity index (χ3v) is 3.72. The third-order valence-electron chi connectivity index (χ3n) is 3.72. The molecule has 0 saturated carbocycles. The van der Waals surface area contributed by atoms with Crippen LogP contribution < -0.4 is 10.3 Å². The largest absolute Gasteiger partial charge is 0.378 e. The van der Waals surface area contributed by atoms with Gasteiger partial charge in [-0.1, -0.05) is 48.5 Å². The van der Waals surface area contributed by atoms with Crippen LogP contribution in [0.1, 0.15) is 5.56 Å². The second-order valence-corrected chi connectivity index (χ2v) is 5.89. The Kier molecular flexibility index (Phi) is 5.72. The summed E-state index contributed by atoms with van der Waals surface area (Å²) in [5.41, 5.74) is 6.71. The SMILES string of the molecule is CN(C)c1ccc(N=N/C(=N\Nc2ccccc2)c2ccccc2)cc1. The second-order valence-electron chi connectivity index (χ2n) is 5.89. The highest BCUT2D eigenvalue weighted by atomic mass is 15.3. The zero-order valence-corrected chi connectivity index (χ0v) is 14.9. The van der Waals surface area contributed by atoms with Crippen molar-refractivity contribution in [2.24, 2.45) is 15.3 Å². The maximum absolute atomic E-state index is 4.42. The van der Waals surface area contributed by atoms with Gasteiger partial charge in [0.2, 0.25) is 5.84 Å². The Morgan fingerprint density at radius 3 is 2.00 bits per heavy atom. The average Bonchev–Trinajstić information content (AvgIpc) is 2.70. The van der Waals surface area contributed by atoms with E-state index in [1.807, 2.05) is 104 Å². The number of rotatable bonds is 5. The van der Waals surface area contributed by atoms with Crippen molar-refractivity contribution in [2.45, 2.75) is 0 Å². The van der Waals surface area contributed by atoms with E-state index < -0.39 is 0 Å². The molecule has 3 rings (SSSR count). The lowest BCUT2D eigenvalue weighted by atomic mass is 10.2. The first-order chi connectivity index (χ1) is 12.7. The number of hydrogen-bond donors (Lipinski definition) is 1. The van der Waals surface area contributed by atoms with Crippen LogP contribution in [0, 0.1) is 0 Å². The molecule has 3 aromatic carbocycles. The molecule has 0 fully saturated rings. The minimum Gasteiger partial charge on any atom is -0.378 e. The Labute approximate surface area is 153 Å². The average molecular weight is 343 g/mol. The van der Waals surface area contributed by atoms with Gasteiger partial charge in [-0.25, -0.2) is 0 Å². The summed E-state index contributed by atoms with van der Waals surface area (Å²) in [7, 11) is 4.01. The van der Waals surface area contributed by atoms with Crippen molar-refractivity contribution in [2.75, 3.05) is 24.4 Å². The van der Waals surface area contributed by atoms with Gasteiger partial charge in [0.1, 0.15) is 0 Å². The first-order valence-corrected chi connectivity index (χ1v) is 8.36. The van der Waals surface area contributed by atoms with E-state index in [4.69, 9.17) is 0 Å². The quantitative estimate of drug-likeness (QED) is 0.295. The number of nitrogens with zero attached hydrogens (tertiary/aromatic N) is 4. The van der Waals surface area contributed by atoms with Crippen LogP contribution in [0.15, 0.2) is 100 Å². The maximum atomic E-state index is 4.42. The van der Waals surface area contributed by atoms with E-state index in [9.17, 15) is 0 Å². The summed E-state index contributed by atoms with van der Waals surface area (Å²) in [4.78, 5) is 2.04. The van der Waals surface area contributed by atoms with E-state index in [1.54, 1.807) is 0 Å². The van der Waals surface area contributed by atoms with Crippen LogP contribution in [-0.2, 0) is 0 Å². The van der Waals surface area contributed by atoms with Crippen molar-refractivity contribution in [1.82, 2.24) is 0 Å². The minimum atomic E-state index is 0.520. The number of hydrogen-bond acceptors (Lipinski definition) is 4. The Morgan fingerprint density at radius 2 is 1.38 bits per heavy atom. The molecular formula is C21H21N5. The molecule has 5 heteroatoms. The Morgan fingerprint density at radius 1 is 0.769 bits per heavy atom. The van der Waals surface area contributed by atoms with Gasteiger partial charge >= 0.3 is 0 Å². The standard InChI is InChI=1S/C21H21N5/c1-26(2)20-15-13-19(14-16-20)23-25-21(17-9-5-3-6-10-17)24-22-18-11-7-4-8-12-18/h3-16,22H,1-2H3/b24-21-,25-23?. The second kappa shape index (κ2) is 8.58. The molecule has 0 saturated heterocycles. The van der Waals surface area contributed by atoms with Crippen molar-refractivity contribution < 1.29 is 0 Å². The van der Waals surface area contributed by atoms with Crippen LogP contribution in [0.3, 0.4) is 0 Å². The summed E-state index contributed by atoms with van der Waals surface area (Å²) < 4.78 is 0. The molecule has 26 heavy (non-hydrogen) atoms. The molecule has 0 heterocycles. The maximum Gasteiger partial charge on any atom is 0.201 e. The number of anilines is 2. The molecule has 3 aromatic rings. The van der Waals surface area contributed by atoms with E-state index in [-0.39, 0.29) is 0 Å². The molecule has 5 nitrogen and oxygen atoms in total. The van der Waals surface area contributed by atoms with Crippen molar-refractivity contribution in [3.8, 4) is 0 Å². The molecule has 0 unspecified atom stereocenters. The zero-order chi connectivity index (χ0) is 18.2. The fourth-order valence-corrected chi connectivity index (χ4v) is 2.28. The monoisotopic (exact) mass is 343 g/mol. The van der Waals surface area contributed by atoms with E-state index in [1.165, 1.54) is 0 Å². The topological polar surface area (TPSA) is 52.4 Å². The van der Waals surface area contributed by atoms with E-state index in [0.717, 1.165) is 22.6 Å². The molecule has 0 radical (unpaired) electrons. The lowest BCUT2D eigenvalue weighted by Gasteiger charge is -2.11. The first-order valence-electron chi connectivity index (χ1n) is 8.36. The van der Waals surface area contributed by atoms with Gasteiger partial charge in [-0.3, -0.25) is 5.43 Å².